The van der Waals surface area contributed by atoms with Gasteiger partial charge in [0, 0.05) is 12.6 Å². The van der Waals surface area contributed by atoms with Gasteiger partial charge < -0.3 is 20.3 Å². The van der Waals surface area contributed by atoms with Crippen LogP contribution in [0.1, 0.15) is 96.9 Å². The Kier molecular flexibility index (Phi) is 10.4. The number of unbranched alkanes of at least 4 members (excludes halogenated alkanes) is 1. The summed E-state index contributed by atoms with van der Waals surface area (Å²) in [7, 11) is 0. The van der Waals surface area contributed by atoms with E-state index in [1.54, 1.807) is 25.7 Å². The van der Waals surface area contributed by atoms with Crippen molar-refractivity contribution in [2.45, 2.75) is 112 Å². The minimum atomic E-state index is -0.788. The fourth-order valence-electron chi connectivity index (χ4n) is 4.45. The maximum Gasteiger partial charge on any atom is 0.408 e. The van der Waals surface area contributed by atoms with Gasteiger partial charge in [-0.05, 0) is 76.8 Å². The predicted octanol–water partition coefficient (Wildman–Crippen LogP) is 5.44. The largest absolute Gasteiger partial charge is 0.444 e. The third-order valence-corrected chi connectivity index (χ3v) is 6.46. The maximum atomic E-state index is 14.2. The summed E-state index contributed by atoms with van der Waals surface area (Å²) in [6.45, 7) is 18.1. The lowest BCUT2D eigenvalue weighted by Crippen LogP contribution is -2.54. The summed E-state index contributed by atoms with van der Waals surface area (Å²) in [4.78, 5) is 42.4. The first kappa shape index (κ1) is 29.7. The first-order chi connectivity index (χ1) is 16.7. The molecule has 2 rings (SSSR count). The molecule has 7 heteroatoms. The zero-order valence-electron chi connectivity index (χ0n) is 23.7. The number of hydrogen-bond acceptors (Lipinski definition) is 4. The van der Waals surface area contributed by atoms with Crippen molar-refractivity contribution in [3.05, 3.63) is 34.9 Å². The highest BCUT2D eigenvalue weighted by Crippen LogP contribution is 2.41. The van der Waals surface area contributed by atoms with E-state index in [-0.39, 0.29) is 29.7 Å². The van der Waals surface area contributed by atoms with E-state index >= 15 is 0 Å². The highest BCUT2D eigenvalue weighted by molar-refractivity contribution is 5.93. The SMILES string of the molecule is CCCCNC(=O)C(c1cc(C)ccc1C)N(C(=O)C(CC(C)C)NC(=O)OC(C)(C)C)C1CC1C. The minimum absolute atomic E-state index is 0.0607. The van der Waals surface area contributed by atoms with Crippen molar-refractivity contribution in [2.24, 2.45) is 11.8 Å². The Balaban J connectivity index is 2.51. The number of carbonyl (C=O) groups excluding carboxylic acids is 3. The second-order valence-corrected chi connectivity index (χ2v) is 11.8. The summed E-state index contributed by atoms with van der Waals surface area (Å²) in [5, 5.41) is 5.89. The summed E-state index contributed by atoms with van der Waals surface area (Å²) in [6, 6.07) is 4.41. The van der Waals surface area contributed by atoms with Gasteiger partial charge in [-0.1, -0.05) is 57.9 Å². The zero-order valence-corrected chi connectivity index (χ0v) is 23.7. The molecule has 1 aromatic carbocycles. The number of rotatable bonds is 11. The van der Waals surface area contributed by atoms with Crippen LogP contribution < -0.4 is 10.6 Å². The lowest BCUT2D eigenvalue weighted by molar-refractivity contribution is -0.143. The Morgan fingerprint density at radius 2 is 1.81 bits per heavy atom. The molecule has 1 aromatic rings. The number of aryl methyl sites for hydroxylation is 2. The molecule has 0 aliphatic heterocycles. The van der Waals surface area contributed by atoms with Crippen LogP contribution in [0.25, 0.3) is 0 Å². The Morgan fingerprint density at radius 1 is 1.17 bits per heavy atom. The van der Waals surface area contributed by atoms with Gasteiger partial charge in [0.05, 0.1) is 0 Å². The highest BCUT2D eigenvalue weighted by atomic mass is 16.6. The first-order valence-corrected chi connectivity index (χ1v) is 13.4. The molecule has 4 atom stereocenters. The van der Waals surface area contributed by atoms with Crippen LogP contribution >= 0.6 is 0 Å². The summed E-state index contributed by atoms with van der Waals surface area (Å²) < 4.78 is 5.47. The van der Waals surface area contributed by atoms with E-state index < -0.39 is 23.8 Å². The zero-order chi connectivity index (χ0) is 27.2. The van der Waals surface area contributed by atoms with Crippen LogP contribution in [0, 0.1) is 25.7 Å². The Hall–Kier alpha value is -2.57. The highest BCUT2D eigenvalue weighted by Gasteiger charge is 2.48. The van der Waals surface area contributed by atoms with Crippen LogP contribution in [0.5, 0.6) is 0 Å². The van der Waals surface area contributed by atoms with Crippen molar-refractivity contribution in [2.75, 3.05) is 6.54 Å². The molecule has 0 bridgehead atoms. The number of carbonyl (C=O) groups is 3. The Morgan fingerprint density at radius 3 is 2.33 bits per heavy atom. The predicted molar refractivity (Wildman–Crippen MR) is 144 cm³/mol. The lowest BCUT2D eigenvalue weighted by atomic mass is 9.94. The maximum absolute atomic E-state index is 14.2. The number of ether oxygens (including phenoxy) is 1. The molecule has 1 fully saturated rings. The van der Waals surface area contributed by atoms with Crippen LogP contribution in [0.4, 0.5) is 4.79 Å². The van der Waals surface area contributed by atoms with E-state index in [2.05, 4.69) is 24.5 Å². The van der Waals surface area contributed by atoms with Crippen molar-refractivity contribution in [3.63, 3.8) is 0 Å². The van der Waals surface area contributed by atoms with Gasteiger partial charge in [0.2, 0.25) is 11.8 Å². The van der Waals surface area contributed by atoms with Crippen LogP contribution in [0.3, 0.4) is 0 Å². The van der Waals surface area contributed by atoms with E-state index in [9.17, 15) is 14.4 Å². The van der Waals surface area contributed by atoms with Gasteiger partial charge >= 0.3 is 6.09 Å². The van der Waals surface area contributed by atoms with Gasteiger partial charge in [0.15, 0.2) is 0 Å². The van der Waals surface area contributed by atoms with Crippen molar-refractivity contribution in [1.82, 2.24) is 15.5 Å². The topological polar surface area (TPSA) is 87.7 Å². The van der Waals surface area contributed by atoms with Crippen LogP contribution in [-0.4, -0.2) is 47.0 Å². The molecule has 0 heterocycles. The van der Waals surface area contributed by atoms with Crippen LogP contribution in [-0.2, 0) is 14.3 Å². The van der Waals surface area contributed by atoms with E-state index in [0.29, 0.717) is 13.0 Å². The molecule has 0 saturated heterocycles. The fraction of sp³-hybridized carbons (Fsp3) is 0.690. The van der Waals surface area contributed by atoms with E-state index in [1.165, 1.54) is 0 Å². The Labute approximate surface area is 217 Å². The molecule has 2 N–H and O–H groups in total. The van der Waals surface area contributed by atoms with Crippen LogP contribution in [0.2, 0.25) is 0 Å². The smallest absolute Gasteiger partial charge is 0.408 e. The lowest BCUT2D eigenvalue weighted by Gasteiger charge is -2.36. The first-order valence-electron chi connectivity index (χ1n) is 13.4. The molecule has 202 valence electrons. The number of nitrogens with zero attached hydrogens (tertiary/aromatic N) is 1. The number of amides is 3. The van der Waals surface area contributed by atoms with Gasteiger partial charge in [0.25, 0.3) is 0 Å². The molecule has 1 aliphatic carbocycles. The summed E-state index contributed by atoms with van der Waals surface area (Å²) in [5.74, 6) is 0.0294. The van der Waals surface area contributed by atoms with E-state index in [1.807, 2.05) is 45.9 Å². The average molecular weight is 502 g/mol. The third-order valence-electron chi connectivity index (χ3n) is 6.46. The third kappa shape index (κ3) is 8.52. The molecule has 4 unspecified atom stereocenters. The number of alkyl carbamates (subject to hydrolysis) is 1. The standard InChI is InChI=1S/C29H47N3O4/c1-10-11-14-30-26(33)25(22-16-19(4)12-13-20(22)5)32(24-17-21(24)6)27(34)23(15-18(2)3)31-28(35)36-29(7,8)9/h12-13,16,18,21,23-25H,10-11,14-15,17H2,1-9H3,(H,30,33)(H,31,35). The minimum Gasteiger partial charge on any atom is -0.444 e. The number of benzene rings is 1. The average Bonchev–Trinajstić information content (AvgIpc) is 3.47. The quantitative estimate of drug-likeness (QED) is 0.395. The second kappa shape index (κ2) is 12.6. The number of hydrogen-bond donors (Lipinski definition) is 2. The van der Waals surface area contributed by atoms with Gasteiger partial charge in [-0.25, -0.2) is 4.79 Å². The Bertz CT molecular complexity index is 922. The molecule has 36 heavy (non-hydrogen) atoms. The van der Waals surface area contributed by atoms with Gasteiger partial charge in [0.1, 0.15) is 17.7 Å². The van der Waals surface area contributed by atoms with Crippen molar-refractivity contribution in [1.29, 1.82) is 0 Å². The molecule has 0 aromatic heterocycles. The summed E-state index contributed by atoms with van der Waals surface area (Å²) in [6.07, 6.45) is 2.49. The number of nitrogens with one attached hydrogen (secondary N) is 2. The van der Waals surface area contributed by atoms with Gasteiger partial charge in [-0.3, -0.25) is 9.59 Å². The molecular formula is C29H47N3O4. The van der Waals surface area contributed by atoms with Gasteiger partial charge in [-0.15, -0.1) is 0 Å². The summed E-state index contributed by atoms with van der Waals surface area (Å²) in [5.41, 5.74) is 2.14. The molecule has 1 aliphatic rings. The fourth-order valence-corrected chi connectivity index (χ4v) is 4.45. The molecular weight excluding hydrogens is 454 g/mol. The van der Waals surface area contributed by atoms with Gasteiger partial charge in [-0.2, -0.15) is 0 Å². The molecule has 0 spiro atoms. The van der Waals surface area contributed by atoms with E-state index in [4.69, 9.17) is 4.74 Å². The van der Waals surface area contributed by atoms with Crippen LogP contribution in [0.15, 0.2) is 18.2 Å². The normalized spacial score (nSPS) is 18.8. The molecule has 3 amide bonds. The molecule has 7 nitrogen and oxygen atoms in total. The van der Waals surface area contributed by atoms with Crippen molar-refractivity contribution >= 4 is 17.9 Å². The van der Waals surface area contributed by atoms with E-state index in [0.717, 1.165) is 36.0 Å². The summed E-state index contributed by atoms with van der Waals surface area (Å²) >= 11 is 0. The van der Waals surface area contributed by atoms with Crippen molar-refractivity contribution in [3.8, 4) is 0 Å². The molecule has 1 saturated carbocycles. The van der Waals surface area contributed by atoms with Crippen molar-refractivity contribution < 1.29 is 19.1 Å². The molecule has 0 radical (unpaired) electrons. The monoisotopic (exact) mass is 501 g/mol. The second-order valence-electron chi connectivity index (χ2n) is 11.8.